The Morgan fingerprint density at radius 3 is 2.57 bits per heavy atom. The van der Waals surface area contributed by atoms with Crippen LogP contribution in [0, 0.1) is 0 Å². The van der Waals surface area contributed by atoms with Crippen LogP contribution in [-0.4, -0.2) is 22.7 Å². The number of nitrogens with two attached hydrogens (primary N) is 1. The molecule has 1 heterocycles. The standard InChI is InChI=1S/C14H14N2O3S2/c15-13(19)11-5-6-20-14(11)16-12(18)8-21-10-3-1-9(7-17)2-4-10/h1-6,17H,7-8H2,(H2,15,19)(H,16,18). The number of carbonyl (C=O) groups is 2. The number of hydrogen-bond acceptors (Lipinski definition) is 5. The molecule has 0 atom stereocenters. The van der Waals surface area contributed by atoms with Crippen molar-refractivity contribution >= 4 is 39.9 Å². The second kappa shape index (κ2) is 7.26. The van der Waals surface area contributed by atoms with Gasteiger partial charge in [-0.3, -0.25) is 9.59 Å². The van der Waals surface area contributed by atoms with Gasteiger partial charge in [0.15, 0.2) is 0 Å². The number of aliphatic hydroxyl groups is 1. The molecule has 7 heteroatoms. The van der Waals surface area contributed by atoms with E-state index in [9.17, 15) is 9.59 Å². The number of nitrogens with one attached hydrogen (secondary N) is 1. The normalized spacial score (nSPS) is 10.3. The van der Waals surface area contributed by atoms with Crippen molar-refractivity contribution in [1.29, 1.82) is 0 Å². The number of carbonyl (C=O) groups excluding carboxylic acids is 2. The van der Waals surface area contributed by atoms with Crippen molar-refractivity contribution in [1.82, 2.24) is 0 Å². The smallest absolute Gasteiger partial charge is 0.251 e. The fourth-order valence-electron chi connectivity index (χ4n) is 1.60. The third-order valence-corrected chi connectivity index (χ3v) is 4.50. The highest BCUT2D eigenvalue weighted by atomic mass is 32.2. The summed E-state index contributed by atoms with van der Waals surface area (Å²) in [5.41, 5.74) is 6.37. The minimum Gasteiger partial charge on any atom is -0.392 e. The van der Waals surface area contributed by atoms with Crippen molar-refractivity contribution in [2.24, 2.45) is 5.73 Å². The maximum Gasteiger partial charge on any atom is 0.251 e. The van der Waals surface area contributed by atoms with Crippen LogP contribution in [-0.2, 0) is 11.4 Å². The molecule has 1 aromatic carbocycles. The second-order valence-corrected chi connectivity index (χ2v) is 6.13. The Kier molecular flexibility index (Phi) is 5.38. The SMILES string of the molecule is NC(=O)c1ccsc1NC(=O)CSc1ccc(CO)cc1. The van der Waals surface area contributed by atoms with Crippen LogP contribution in [0.25, 0.3) is 0 Å². The topological polar surface area (TPSA) is 92.4 Å². The zero-order valence-electron chi connectivity index (χ0n) is 11.0. The molecular weight excluding hydrogens is 308 g/mol. The van der Waals surface area contributed by atoms with Gasteiger partial charge in [0, 0.05) is 4.90 Å². The van der Waals surface area contributed by atoms with E-state index in [1.54, 1.807) is 11.4 Å². The minimum absolute atomic E-state index is 0.000293. The molecule has 0 unspecified atom stereocenters. The highest BCUT2D eigenvalue weighted by molar-refractivity contribution is 8.00. The summed E-state index contributed by atoms with van der Waals surface area (Å²) in [7, 11) is 0. The average molecular weight is 322 g/mol. The van der Waals surface area contributed by atoms with Gasteiger partial charge in [0.2, 0.25) is 5.91 Å². The zero-order valence-corrected chi connectivity index (χ0v) is 12.7. The summed E-state index contributed by atoms with van der Waals surface area (Å²) < 4.78 is 0. The zero-order chi connectivity index (χ0) is 15.2. The molecule has 1 aromatic heterocycles. The summed E-state index contributed by atoms with van der Waals surface area (Å²) in [5.74, 6) is -0.524. The molecule has 2 rings (SSSR count). The molecule has 0 spiro atoms. The second-order valence-electron chi connectivity index (χ2n) is 4.17. The van der Waals surface area contributed by atoms with Crippen molar-refractivity contribution < 1.29 is 14.7 Å². The summed E-state index contributed by atoms with van der Waals surface area (Å²) in [6.45, 7) is -0.000293. The number of rotatable bonds is 6. The Morgan fingerprint density at radius 2 is 1.95 bits per heavy atom. The number of anilines is 1. The Morgan fingerprint density at radius 1 is 1.24 bits per heavy atom. The van der Waals surface area contributed by atoms with Crippen LogP contribution >= 0.6 is 23.1 Å². The first kappa shape index (κ1) is 15.6. The lowest BCUT2D eigenvalue weighted by atomic mass is 10.2. The quantitative estimate of drug-likeness (QED) is 0.710. The highest BCUT2D eigenvalue weighted by Crippen LogP contribution is 2.24. The van der Waals surface area contributed by atoms with Crippen LogP contribution in [0.3, 0.4) is 0 Å². The van der Waals surface area contributed by atoms with Crippen LogP contribution in [0.2, 0.25) is 0 Å². The van der Waals surface area contributed by atoms with Gasteiger partial charge < -0.3 is 16.2 Å². The third-order valence-electron chi connectivity index (χ3n) is 2.66. The van der Waals surface area contributed by atoms with E-state index in [2.05, 4.69) is 5.32 Å². The molecule has 4 N–H and O–H groups in total. The van der Waals surface area contributed by atoms with Crippen molar-refractivity contribution in [3.63, 3.8) is 0 Å². The van der Waals surface area contributed by atoms with Gasteiger partial charge in [-0.2, -0.15) is 0 Å². The van der Waals surface area contributed by atoms with E-state index in [1.807, 2.05) is 24.3 Å². The fraction of sp³-hybridized carbons (Fsp3) is 0.143. The molecule has 0 fully saturated rings. The van der Waals surface area contributed by atoms with Crippen LogP contribution in [0.15, 0.2) is 40.6 Å². The van der Waals surface area contributed by atoms with Gasteiger partial charge >= 0.3 is 0 Å². The molecule has 0 saturated heterocycles. The average Bonchev–Trinajstić information content (AvgIpc) is 2.94. The van der Waals surface area contributed by atoms with E-state index in [1.165, 1.54) is 23.1 Å². The third kappa shape index (κ3) is 4.32. The number of hydrogen-bond donors (Lipinski definition) is 3. The predicted molar refractivity (Wildman–Crippen MR) is 84.6 cm³/mol. The van der Waals surface area contributed by atoms with Crippen LogP contribution in [0.4, 0.5) is 5.00 Å². The molecule has 21 heavy (non-hydrogen) atoms. The van der Waals surface area contributed by atoms with Gasteiger partial charge in [-0.25, -0.2) is 0 Å². The monoisotopic (exact) mass is 322 g/mol. The Balaban J connectivity index is 1.89. The number of primary amides is 1. The first-order valence-corrected chi connectivity index (χ1v) is 7.96. The van der Waals surface area contributed by atoms with Crippen LogP contribution in [0.1, 0.15) is 15.9 Å². The molecular formula is C14H14N2O3S2. The van der Waals surface area contributed by atoms with Gasteiger partial charge in [0.1, 0.15) is 5.00 Å². The van der Waals surface area contributed by atoms with E-state index in [0.29, 0.717) is 10.6 Å². The molecule has 2 aromatic rings. The maximum atomic E-state index is 11.9. The molecule has 0 aliphatic rings. The van der Waals surface area contributed by atoms with Crippen molar-refractivity contribution in [3.8, 4) is 0 Å². The number of aliphatic hydroxyl groups excluding tert-OH is 1. The molecule has 0 aliphatic heterocycles. The lowest BCUT2D eigenvalue weighted by molar-refractivity contribution is -0.113. The van der Waals surface area contributed by atoms with E-state index in [4.69, 9.17) is 10.8 Å². The number of thiophene rings is 1. The largest absolute Gasteiger partial charge is 0.392 e. The van der Waals surface area contributed by atoms with Gasteiger partial charge in [0.05, 0.1) is 17.9 Å². The van der Waals surface area contributed by atoms with E-state index in [-0.39, 0.29) is 18.3 Å². The molecule has 0 saturated carbocycles. The predicted octanol–water partition coefficient (Wildman–Crippen LogP) is 2.07. The summed E-state index contributed by atoms with van der Waals surface area (Å²) >= 11 is 2.64. The van der Waals surface area contributed by atoms with Crippen LogP contribution in [0.5, 0.6) is 0 Å². The maximum absolute atomic E-state index is 11.9. The minimum atomic E-state index is -0.557. The van der Waals surface area contributed by atoms with Gasteiger partial charge in [-0.05, 0) is 29.1 Å². The van der Waals surface area contributed by atoms with Crippen LogP contribution < -0.4 is 11.1 Å². The summed E-state index contributed by atoms with van der Waals surface area (Å²) in [5, 5.41) is 13.8. The van der Waals surface area contributed by atoms with E-state index in [0.717, 1.165) is 10.5 Å². The van der Waals surface area contributed by atoms with E-state index >= 15 is 0 Å². The van der Waals surface area contributed by atoms with Crippen molar-refractivity contribution in [3.05, 3.63) is 46.8 Å². The lowest BCUT2D eigenvalue weighted by Crippen LogP contribution is -2.17. The number of benzene rings is 1. The molecule has 2 amide bonds. The van der Waals surface area contributed by atoms with Crippen molar-refractivity contribution in [2.75, 3.05) is 11.1 Å². The molecule has 5 nitrogen and oxygen atoms in total. The van der Waals surface area contributed by atoms with Gasteiger partial charge in [-0.1, -0.05) is 12.1 Å². The van der Waals surface area contributed by atoms with Gasteiger partial charge in [-0.15, -0.1) is 23.1 Å². The van der Waals surface area contributed by atoms with Crippen molar-refractivity contribution in [2.45, 2.75) is 11.5 Å². The summed E-state index contributed by atoms with van der Waals surface area (Å²) in [4.78, 5) is 24.0. The Labute approximate surface area is 130 Å². The Bertz CT molecular complexity index is 638. The Hall–Kier alpha value is -1.83. The van der Waals surface area contributed by atoms with E-state index < -0.39 is 5.91 Å². The highest BCUT2D eigenvalue weighted by Gasteiger charge is 2.12. The lowest BCUT2D eigenvalue weighted by Gasteiger charge is -2.05. The fourth-order valence-corrected chi connectivity index (χ4v) is 3.11. The number of amides is 2. The van der Waals surface area contributed by atoms with Gasteiger partial charge in [0.25, 0.3) is 5.91 Å². The summed E-state index contributed by atoms with van der Waals surface area (Å²) in [6.07, 6.45) is 0. The molecule has 110 valence electrons. The molecule has 0 aliphatic carbocycles. The number of thioether (sulfide) groups is 1. The first-order valence-electron chi connectivity index (χ1n) is 6.10. The molecule has 0 bridgehead atoms. The summed E-state index contributed by atoms with van der Waals surface area (Å²) in [6, 6.07) is 8.91. The molecule has 0 radical (unpaired) electrons. The first-order chi connectivity index (χ1) is 10.1.